The summed E-state index contributed by atoms with van der Waals surface area (Å²) in [6, 6.07) is 16.4. The van der Waals surface area contributed by atoms with Crippen molar-refractivity contribution in [3.05, 3.63) is 89.5 Å². The number of benzene rings is 3. The van der Waals surface area contributed by atoms with E-state index in [9.17, 15) is 18.4 Å². The van der Waals surface area contributed by atoms with E-state index in [0.29, 0.717) is 22.1 Å². The topological polar surface area (TPSA) is 73.5 Å². The molecule has 0 unspecified atom stereocenters. The molecule has 0 bridgehead atoms. The van der Waals surface area contributed by atoms with Crippen LogP contribution in [-0.4, -0.2) is 25.2 Å². The molecule has 0 fully saturated rings. The Hall–Kier alpha value is -3.65. The van der Waals surface area contributed by atoms with E-state index < -0.39 is 23.7 Å². The lowest BCUT2D eigenvalue weighted by Crippen LogP contribution is -2.42. The van der Waals surface area contributed by atoms with Crippen LogP contribution in [0.2, 0.25) is 5.02 Å². The van der Waals surface area contributed by atoms with Gasteiger partial charge in [0.25, 0.3) is 0 Å². The van der Waals surface area contributed by atoms with Gasteiger partial charge in [0.15, 0.2) is 0 Å². The lowest BCUT2D eigenvalue weighted by atomic mass is 10.2. The first-order chi connectivity index (χ1) is 14.9. The molecule has 0 saturated carbocycles. The molecule has 0 aliphatic carbocycles. The van der Waals surface area contributed by atoms with Crippen molar-refractivity contribution in [2.24, 2.45) is 0 Å². The van der Waals surface area contributed by atoms with Gasteiger partial charge >= 0.3 is 12.1 Å². The molecule has 160 valence electrons. The van der Waals surface area contributed by atoms with Crippen LogP contribution < -0.4 is 20.9 Å². The Balaban J connectivity index is 1.63. The number of hydrogen-bond acceptors (Lipinski definition) is 2. The highest BCUT2D eigenvalue weighted by Crippen LogP contribution is 2.18. The molecule has 0 radical (unpaired) electrons. The first-order valence-electron chi connectivity index (χ1n) is 9.31. The number of nitrogens with zero attached hydrogens (tertiary/aromatic N) is 1. The lowest BCUT2D eigenvalue weighted by molar-refractivity contribution is 0.250. The number of urea groups is 2. The van der Waals surface area contributed by atoms with Gasteiger partial charge in [-0.25, -0.2) is 18.4 Å². The van der Waals surface area contributed by atoms with Gasteiger partial charge in [-0.2, -0.15) is 0 Å². The van der Waals surface area contributed by atoms with E-state index in [4.69, 9.17) is 11.6 Å². The summed E-state index contributed by atoms with van der Waals surface area (Å²) in [4.78, 5) is 26.2. The van der Waals surface area contributed by atoms with Crippen molar-refractivity contribution in [3.63, 3.8) is 0 Å². The molecule has 0 heterocycles. The van der Waals surface area contributed by atoms with Crippen LogP contribution in [0.15, 0.2) is 72.8 Å². The maximum absolute atomic E-state index is 13.3. The lowest BCUT2D eigenvalue weighted by Gasteiger charge is -2.23. The van der Waals surface area contributed by atoms with Gasteiger partial charge in [-0.3, -0.25) is 4.90 Å². The summed E-state index contributed by atoms with van der Waals surface area (Å²) < 4.78 is 26.5. The average Bonchev–Trinajstić information content (AvgIpc) is 2.74. The molecule has 4 amide bonds. The van der Waals surface area contributed by atoms with Crippen molar-refractivity contribution in [1.82, 2.24) is 5.32 Å². The molecule has 0 atom stereocenters. The van der Waals surface area contributed by atoms with Crippen LogP contribution >= 0.6 is 11.6 Å². The molecule has 6 nitrogen and oxygen atoms in total. The Labute approximate surface area is 182 Å². The molecular weight excluding hydrogens is 426 g/mol. The van der Waals surface area contributed by atoms with Gasteiger partial charge in [-0.05, 0) is 66.7 Å². The quantitative estimate of drug-likeness (QED) is 0.471. The predicted octanol–water partition coefficient (Wildman–Crippen LogP) is 5.48. The number of rotatable bonds is 6. The summed E-state index contributed by atoms with van der Waals surface area (Å²) in [5, 5.41) is 8.37. The molecule has 0 aliphatic rings. The number of hydrogen-bond donors (Lipinski definition) is 3. The van der Waals surface area contributed by atoms with E-state index in [2.05, 4.69) is 16.0 Å². The second kappa shape index (κ2) is 10.4. The number of nitrogens with one attached hydrogen (secondary N) is 3. The minimum absolute atomic E-state index is 0.0898. The summed E-state index contributed by atoms with van der Waals surface area (Å²) >= 11 is 5.86. The normalized spacial score (nSPS) is 10.3. The van der Waals surface area contributed by atoms with Gasteiger partial charge in [0, 0.05) is 35.2 Å². The standard InChI is InChI=1S/C22H19ClF2N4O2/c23-15-4-8-18(9-5-15)28-22(31)29(20-10-6-16(24)7-11-20)13-12-26-21(30)27-19-3-1-2-17(25)14-19/h1-11,14H,12-13H2,(H,28,31)(H2,26,27,30). The zero-order valence-corrected chi connectivity index (χ0v) is 17.0. The summed E-state index contributed by atoms with van der Waals surface area (Å²) in [6.07, 6.45) is 0. The Bertz CT molecular complexity index is 1050. The van der Waals surface area contributed by atoms with Crippen LogP contribution in [0.25, 0.3) is 0 Å². The van der Waals surface area contributed by atoms with Crippen molar-refractivity contribution < 1.29 is 18.4 Å². The van der Waals surface area contributed by atoms with Crippen molar-refractivity contribution in [3.8, 4) is 0 Å². The number of carbonyl (C=O) groups is 2. The van der Waals surface area contributed by atoms with Gasteiger partial charge in [-0.1, -0.05) is 17.7 Å². The molecule has 9 heteroatoms. The fourth-order valence-corrected chi connectivity index (χ4v) is 2.84. The number of amides is 4. The molecule has 0 spiro atoms. The van der Waals surface area contributed by atoms with E-state index in [1.807, 2.05) is 0 Å². The van der Waals surface area contributed by atoms with Gasteiger partial charge in [0.1, 0.15) is 11.6 Å². The van der Waals surface area contributed by atoms with Crippen molar-refractivity contribution in [2.75, 3.05) is 28.6 Å². The van der Waals surface area contributed by atoms with Crippen molar-refractivity contribution in [2.45, 2.75) is 0 Å². The second-order valence-corrected chi connectivity index (χ2v) is 6.89. The highest BCUT2D eigenvalue weighted by molar-refractivity contribution is 6.30. The fourth-order valence-electron chi connectivity index (χ4n) is 2.72. The first-order valence-corrected chi connectivity index (χ1v) is 9.68. The highest BCUT2D eigenvalue weighted by Gasteiger charge is 2.16. The van der Waals surface area contributed by atoms with Crippen molar-refractivity contribution in [1.29, 1.82) is 0 Å². The summed E-state index contributed by atoms with van der Waals surface area (Å²) in [6.45, 7) is 0.189. The summed E-state index contributed by atoms with van der Waals surface area (Å²) in [5.74, 6) is -0.909. The third kappa shape index (κ3) is 6.68. The number of carbonyl (C=O) groups excluding carboxylic acids is 2. The van der Waals surface area contributed by atoms with E-state index in [-0.39, 0.29) is 13.1 Å². The predicted molar refractivity (Wildman–Crippen MR) is 118 cm³/mol. The SMILES string of the molecule is O=C(NCCN(C(=O)Nc1ccc(Cl)cc1)c1ccc(F)cc1)Nc1cccc(F)c1. The van der Waals surface area contributed by atoms with Crippen LogP contribution in [0.4, 0.5) is 35.4 Å². The monoisotopic (exact) mass is 444 g/mol. The third-order valence-corrected chi connectivity index (χ3v) is 4.43. The average molecular weight is 445 g/mol. The van der Waals surface area contributed by atoms with Crippen molar-refractivity contribution >= 4 is 40.7 Å². The summed E-state index contributed by atoms with van der Waals surface area (Å²) in [7, 11) is 0. The van der Waals surface area contributed by atoms with Gasteiger partial charge in [-0.15, -0.1) is 0 Å². The van der Waals surface area contributed by atoms with Gasteiger partial charge < -0.3 is 16.0 Å². The zero-order valence-electron chi connectivity index (χ0n) is 16.2. The molecule has 3 aromatic rings. The molecule has 3 rings (SSSR count). The smallest absolute Gasteiger partial charge is 0.326 e. The Morgan fingerprint density at radius 2 is 1.55 bits per heavy atom. The maximum Gasteiger partial charge on any atom is 0.326 e. The van der Waals surface area contributed by atoms with Crippen LogP contribution in [-0.2, 0) is 0 Å². The number of anilines is 3. The van der Waals surface area contributed by atoms with Crippen LogP contribution in [0.1, 0.15) is 0 Å². The second-order valence-electron chi connectivity index (χ2n) is 6.46. The van der Waals surface area contributed by atoms with Gasteiger partial charge in [0.05, 0.1) is 0 Å². The van der Waals surface area contributed by atoms with E-state index in [0.717, 1.165) is 0 Å². The number of halogens is 3. The van der Waals surface area contributed by atoms with Crippen LogP contribution in [0.5, 0.6) is 0 Å². The molecule has 0 saturated heterocycles. The Morgan fingerprint density at radius 1 is 0.839 bits per heavy atom. The highest BCUT2D eigenvalue weighted by atomic mass is 35.5. The molecule has 0 aromatic heterocycles. The maximum atomic E-state index is 13.3. The molecule has 3 aromatic carbocycles. The minimum Gasteiger partial charge on any atom is -0.336 e. The van der Waals surface area contributed by atoms with E-state index in [1.165, 1.54) is 47.4 Å². The molecule has 0 aliphatic heterocycles. The molecule has 31 heavy (non-hydrogen) atoms. The van der Waals surface area contributed by atoms with Crippen LogP contribution in [0.3, 0.4) is 0 Å². The van der Waals surface area contributed by atoms with E-state index >= 15 is 0 Å². The Kier molecular flexibility index (Phi) is 7.40. The third-order valence-electron chi connectivity index (χ3n) is 4.18. The zero-order chi connectivity index (χ0) is 22.2. The first kappa shape index (κ1) is 22.0. The van der Waals surface area contributed by atoms with Gasteiger partial charge in [0.2, 0.25) is 0 Å². The van der Waals surface area contributed by atoms with E-state index in [1.54, 1.807) is 30.3 Å². The van der Waals surface area contributed by atoms with Crippen LogP contribution in [0, 0.1) is 11.6 Å². The Morgan fingerprint density at radius 3 is 2.23 bits per heavy atom. The largest absolute Gasteiger partial charge is 0.336 e. The molecular formula is C22H19ClF2N4O2. The summed E-state index contributed by atoms with van der Waals surface area (Å²) in [5.41, 5.74) is 1.27. The minimum atomic E-state index is -0.553. The fraction of sp³-hybridized carbons (Fsp3) is 0.0909. The molecule has 3 N–H and O–H groups in total.